The second-order valence-corrected chi connectivity index (χ2v) is 4.91. The molecule has 0 N–H and O–H groups in total. The van der Waals surface area contributed by atoms with Crippen LogP contribution in [0.15, 0.2) is 30.3 Å². The first kappa shape index (κ1) is 16.7. The molecule has 1 aromatic carbocycles. The number of rotatable bonds is 8. The monoisotopic (exact) mass is 277 g/mol. The highest BCUT2D eigenvalue weighted by atomic mass is 16.5. The number of benzene rings is 1. The summed E-state index contributed by atoms with van der Waals surface area (Å²) in [4.78, 5) is 14.4. The van der Waals surface area contributed by atoms with Crippen LogP contribution in [0.1, 0.15) is 46.1 Å². The molecule has 0 heterocycles. The van der Waals surface area contributed by atoms with Gasteiger partial charge in [0.1, 0.15) is 0 Å². The zero-order valence-electron chi connectivity index (χ0n) is 13.2. The largest absolute Gasteiger partial charge is 0.466 e. The molecule has 1 unspecified atom stereocenters. The van der Waals surface area contributed by atoms with Crippen LogP contribution in [0, 0.1) is 0 Å². The van der Waals surface area contributed by atoms with Gasteiger partial charge in [0.25, 0.3) is 0 Å². The lowest BCUT2D eigenvalue weighted by Crippen LogP contribution is -2.47. The maximum atomic E-state index is 12.1. The lowest BCUT2D eigenvalue weighted by atomic mass is 9.82. The van der Waals surface area contributed by atoms with Crippen LogP contribution in [0.3, 0.4) is 0 Å². The number of carbonyl (C=O) groups excluding carboxylic acids is 1. The van der Waals surface area contributed by atoms with E-state index in [1.165, 1.54) is 5.56 Å². The fraction of sp³-hybridized carbons (Fsp3) is 0.588. The molecule has 1 rings (SSSR count). The van der Waals surface area contributed by atoms with Gasteiger partial charge in [-0.1, -0.05) is 51.1 Å². The summed E-state index contributed by atoms with van der Waals surface area (Å²) in [5.41, 5.74) is 0.927. The molecule has 0 saturated carbocycles. The summed E-state index contributed by atoms with van der Waals surface area (Å²) in [5, 5.41) is 0. The fourth-order valence-electron chi connectivity index (χ4n) is 2.98. The minimum Gasteiger partial charge on any atom is -0.466 e. The molecule has 3 nitrogen and oxygen atoms in total. The van der Waals surface area contributed by atoms with Gasteiger partial charge < -0.3 is 4.74 Å². The highest BCUT2D eigenvalue weighted by Crippen LogP contribution is 2.35. The summed E-state index contributed by atoms with van der Waals surface area (Å²) >= 11 is 0. The van der Waals surface area contributed by atoms with Crippen molar-refractivity contribution >= 4 is 5.97 Å². The summed E-state index contributed by atoms with van der Waals surface area (Å²) < 4.78 is 5.19. The second-order valence-electron chi connectivity index (χ2n) is 4.91. The summed E-state index contributed by atoms with van der Waals surface area (Å²) in [5.74, 6) is -0.120. The van der Waals surface area contributed by atoms with Crippen molar-refractivity contribution in [1.29, 1.82) is 0 Å². The highest BCUT2D eigenvalue weighted by Gasteiger charge is 2.38. The summed E-state index contributed by atoms with van der Waals surface area (Å²) in [6.07, 6.45) is 1.29. The first-order chi connectivity index (χ1) is 9.64. The Morgan fingerprint density at radius 3 is 2.15 bits per heavy atom. The molecule has 1 atom stereocenters. The van der Waals surface area contributed by atoms with Gasteiger partial charge in [-0.25, -0.2) is 0 Å². The average Bonchev–Trinajstić information content (AvgIpc) is 2.48. The Hall–Kier alpha value is -1.35. The average molecular weight is 277 g/mol. The van der Waals surface area contributed by atoms with Crippen LogP contribution < -0.4 is 0 Å². The zero-order valence-corrected chi connectivity index (χ0v) is 13.2. The van der Waals surface area contributed by atoms with Gasteiger partial charge in [-0.15, -0.1) is 0 Å². The Balaban J connectivity index is 3.19. The van der Waals surface area contributed by atoms with Crippen LogP contribution in [-0.4, -0.2) is 30.6 Å². The number of carbonyl (C=O) groups is 1. The molecule has 0 aliphatic carbocycles. The number of hydrogen-bond donors (Lipinski definition) is 0. The summed E-state index contributed by atoms with van der Waals surface area (Å²) in [6, 6.07) is 10.3. The number of nitrogens with zero attached hydrogens (tertiary/aromatic N) is 1. The lowest BCUT2D eigenvalue weighted by Gasteiger charge is -2.42. The molecule has 20 heavy (non-hydrogen) atoms. The van der Waals surface area contributed by atoms with E-state index in [-0.39, 0.29) is 11.5 Å². The molecular weight excluding hydrogens is 250 g/mol. The molecule has 0 aliphatic heterocycles. The van der Waals surface area contributed by atoms with E-state index in [0.717, 1.165) is 19.5 Å². The van der Waals surface area contributed by atoms with E-state index in [2.05, 4.69) is 37.8 Å². The van der Waals surface area contributed by atoms with E-state index in [9.17, 15) is 4.79 Å². The quantitative estimate of drug-likeness (QED) is 0.680. The minimum atomic E-state index is -0.267. The number of esters is 1. The van der Waals surface area contributed by atoms with Crippen molar-refractivity contribution in [3.05, 3.63) is 35.9 Å². The number of ether oxygens (including phenoxy) is 1. The Morgan fingerprint density at radius 1 is 1.10 bits per heavy atom. The molecule has 3 heteroatoms. The predicted octanol–water partition coefficient (Wildman–Crippen LogP) is 3.59. The van der Waals surface area contributed by atoms with Crippen molar-refractivity contribution in [3.8, 4) is 0 Å². The van der Waals surface area contributed by atoms with E-state index in [0.29, 0.717) is 13.0 Å². The molecule has 1 aromatic rings. The maximum Gasteiger partial charge on any atom is 0.308 e. The SMILES string of the molecule is CCOC(=O)CC(CC)(c1ccccc1)N(CC)CC. The highest BCUT2D eigenvalue weighted by molar-refractivity contribution is 5.71. The third kappa shape index (κ3) is 3.60. The second kappa shape index (κ2) is 8.05. The van der Waals surface area contributed by atoms with Gasteiger partial charge in [-0.3, -0.25) is 9.69 Å². The van der Waals surface area contributed by atoms with Crippen LogP contribution in [0.25, 0.3) is 0 Å². The van der Waals surface area contributed by atoms with E-state index in [1.54, 1.807) is 0 Å². The third-order valence-corrected chi connectivity index (χ3v) is 4.01. The summed E-state index contributed by atoms with van der Waals surface area (Å²) in [6.45, 7) is 10.5. The smallest absolute Gasteiger partial charge is 0.308 e. The van der Waals surface area contributed by atoms with E-state index >= 15 is 0 Å². The predicted molar refractivity (Wildman–Crippen MR) is 82.6 cm³/mol. The van der Waals surface area contributed by atoms with E-state index in [4.69, 9.17) is 4.74 Å². The van der Waals surface area contributed by atoms with Gasteiger partial charge in [0.05, 0.1) is 18.6 Å². The number of hydrogen-bond acceptors (Lipinski definition) is 3. The fourth-order valence-corrected chi connectivity index (χ4v) is 2.98. The topological polar surface area (TPSA) is 29.5 Å². The normalized spacial score (nSPS) is 14.1. The molecule has 0 fully saturated rings. The van der Waals surface area contributed by atoms with E-state index in [1.807, 2.05) is 25.1 Å². The Kier molecular flexibility index (Phi) is 6.73. The van der Waals surface area contributed by atoms with Crippen molar-refractivity contribution in [2.24, 2.45) is 0 Å². The Labute approximate surface area is 122 Å². The molecule has 0 radical (unpaired) electrons. The van der Waals surface area contributed by atoms with Crippen molar-refractivity contribution in [2.75, 3.05) is 19.7 Å². The molecule has 0 bridgehead atoms. The van der Waals surface area contributed by atoms with Crippen molar-refractivity contribution in [2.45, 2.75) is 46.1 Å². The van der Waals surface area contributed by atoms with Gasteiger partial charge in [-0.2, -0.15) is 0 Å². The van der Waals surface area contributed by atoms with Gasteiger partial charge in [0.15, 0.2) is 0 Å². The van der Waals surface area contributed by atoms with Crippen molar-refractivity contribution < 1.29 is 9.53 Å². The first-order valence-corrected chi connectivity index (χ1v) is 7.60. The molecule has 112 valence electrons. The Bertz CT molecular complexity index is 401. The van der Waals surface area contributed by atoms with E-state index < -0.39 is 0 Å². The van der Waals surface area contributed by atoms with Gasteiger partial charge in [0, 0.05) is 0 Å². The van der Waals surface area contributed by atoms with Gasteiger partial charge >= 0.3 is 5.97 Å². The van der Waals surface area contributed by atoms with Gasteiger partial charge in [0.2, 0.25) is 0 Å². The molecule has 0 spiro atoms. The van der Waals surface area contributed by atoms with Crippen LogP contribution in [0.4, 0.5) is 0 Å². The lowest BCUT2D eigenvalue weighted by molar-refractivity contribution is -0.147. The van der Waals surface area contributed by atoms with Crippen LogP contribution in [0.2, 0.25) is 0 Å². The van der Waals surface area contributed by atoms with Crippen molar-refractivity contribution in [1.82, 2.24) is 4.90 Å². The maximum absolute atomic E-state index is 12.1. The standard InChI is InChI=1S/C17H27NO2/c1-5-17(18(6-2)7-3,14-16(19)20-8-4)15-12-10-9-11-13-15/h9-13H,5-8,14H2,1-4H3. The Morgan fingerprint density at radius 2 is 1.70 bits per heavy atom. The van der Waals surface area contributed by atoms with Crippen LogP contribution in [0.5, 0.6) is 0 Å². The van der Waals surface area contributed by atoms with Crippen LogP contribution >= 0.6 is 0 Å². The molecule has 0 saturated heterocycles. The van der Waals surface area contributed by atoms with Crippen molar-refractivity contribution in [3.63, 3.8) is 0 Å². The summed E-state index contributed by atoms with van der Waals surface area (Å²) in [7, 11) is 0. The third-order valence-electron chi connectivity index (χ3n) is 4.01. The molecule has 0 aromatic heterocycles. The zero-order chi connectivity index (χ0) is 15.0. The molecule has 0 aliphatic rings. The van der Waals surface area contributed by atoms with Crippen LogP contribution in [-0.2, 0) is 15.1 Å². The minimum absolute atomic E-state index is 0.120. The van der Waals surface area contributed by atoms with Gasteiger partial charge in [-0.05, 0) is 32.0 Å². The molecular formula is C17H27NO2. The molecule has 0 amide bonds. The first-order valence-electron chi connectivity index (χ1n) is 7.60.